The molecule has 0 fully saturated rings. The molecule has 0 aliphatic heterocycles. The van der Waals surface area contributed by atoms with Crippen molar-refractivity contribution in [3.63, 3.8) is 0 Å². The Bertz CT molecular complexity index is 1740. The van der Waals surface area contributed by atoms with E-state index in [9.17, 15) is 9.59 Å². The van der Waals surface area contributed by atoms with E-state index in [1.165, 1.54) is 17.0 Å². The maximum Gasteiger partial charge on any atom is 0.272 e. The summed E-state index contributed by atoms with van der Waals surface area (Å²) in [5.41, 5.74) is 2.86. The summed E-state index contributed by atoms with van der Waals surface area (Å²) in [7, 11) is 1.82. The first kappa shape index (κ1) is 23.6. The second-order valence-electron chi connectivity index (χ2n) is 8.48. The van der Waals surface area contributed by atoms with E-state index in [-0.39, 0.29) is 11.3 Å². The molecule has 1 unspecified atom stereocenters. The Balaban J connectivity index is 1.65. The molecule has 9 nitrogen and oxygen atoms in total. The molecule has 1 N–H and O–H groups in total. The number of carbonyl (C=O) groups excluding carboxylic acids is 1. The number of amides is 1. The Hall–Kier alpha value is -5.10. The van der Waals surface area contributed by atoms with E-state index in [1.54, 1.807) is 43.1 Å². The van der Waals surface area contributed by atoms with E-state index in [0.717, 1.165) is 5.56 Å². The van der Waals surface area contributed by atoms with Gasteiger partial charge in [0.25, 0.3) is 11.5 Å². The van der Waals surface area contributed by atoms with E-state index in [4.69, 9.17) is 4.98 Å². The standard InChI is InChI=1S/C28H23N7O2/c1-18-25(30-15-14-29-18)27(36)32-19(2)26-33-23-11-7-8-21(13-12-20-16-31-34(3)17-20)24(23)28(37)35(26)22-9-5-4-6-10-22/h4-11,14-17,19H,1-3H3,(H,32,36). The summed E-state index contributed by atoms with van der Waals surface area (Å²) in [5.74, 6) is 6.16. The molecule has 3 aromatic heterocycles. The third-order valence-corrected chi connectivity index (χ3v) is 5.82. The molecule has 5 aromatic rings. The van der Waals surface area contributed by atoms with Gasteiger partial charge in [0.15, 0.2) is 0 Å². The number of hydrogen-bond acceptors (Lipinski definition) is 6. The third-order valence-electron chi connectivity index (χ3n) is 5.82. The van der Waals surface area contributed by atoms with E-state index in [2.05, 4.69) is 32.2 Å². The fourth-order valence-electron chi connectivity index (χ4n) is 4.05. The summed E-state index contributed by atoms with van der Waals surface area (Å²) < 4.78 is 3.19. The number of fused-ring (bicyclic) bond motifs is 1. The number of aromatic nitrogens is 6. The largest absolute Gasteiger partial charge is 0.341 e. The average molecular weight is 490 g/mol. The molecule has 182 valence electrons. The maximum absolute atomic E-state index is 14.0. The number of rotatable bonds is 4. The Morgan fingerprint density at radius 1 is 1.03 bits per heavy atom. The summed E-state index contributed by atoms with van der Waals surface area (Å²) in [6, 6.07) is 14.0. The fraction of sp³-hybridized carbons (Fsp3) is 0.143. The molecule has 9 heteroatoms. The first-order valence-electron chi connectivity index (χ1n) is 11.6. The van der Waals surface area contributed by atoms with Crippen molar-refractivity contribution in [3.8, 4) is 17.5 Å². The highest BCUT2D eigenvalue weighted by Gasteiger charge is 2.22. The minimum Gasteiger partial charge on any atom is -0.341 e. The summed E-state index contributed by atoms with van der Waals surface area (Å²) in [6.45, 7) is 3.50. The van der Waals surface area contributed by atoms with Crippen LogP contribution in [0.4, 0.5) is 0 Å². The fourth-order valence-corrected chi connectivity index (χ4v) is 4.05. The molecule has 37 heavy (non-hydrogen) atoms. The van der Waals surface area contributed by atoms with Crippen LogP contribution in [0.2, 0.25) is 0 Å². The Kier molecular flexibility index (Phi) is 6.31. The Labute approximate surface area is 212 Å². The lowest BCUT2D eigenvalue weighted by Gasteiger charge is -2.20. The van der Waals surface area contributed by atoms with Gasteiger partial charge in [-0.2, -0.15) is 5.10 Å². The zero-order valence-electron chi connectivity index (χ0n) is 20.5. The van der Waals surface area contributed by atoms with Crippen LogP contribution in [0.15, 0.2) is 78.1 Å². The van der Waals surface area contributed by atoms with Crippen molar-refractivity contribution >= 4 is 16.8 Å². The van der Waals surface area contributed by atoms with Gasteiger partial charge in [0, 0.05) is 31.2 Å². The molecule has 0 aliphatic carbocycles. The molecule has 3 heterocycles. The van der Waals surface area contributed by atoms with Crippen LogP contribution in [-0.4, -0.2) is 35.2 Å². The van der Waals surface area contributed by atoms with Crippen molar-refractivity contribution in [1.29, 1.82) is 0 Å². The summed E-state index contributed by atoms with van der Waals surface area (Å²) in [6.07, 6.45) is 6.47. The van der Waals surface area contributed by atoms with Crippen LogP contribution in [0, 0.1) is 18.8 Å². The molecule has 1 amide bonds. The van der Waals surface area contributed by atoms with Crippen LogP contribution >= 0.6 is 0 Å². The maximum atomic E-state index is 14.0. The van der Waals surface area contributed by atoms with Crippen LogP contribution in [0.5, 0.6) is 0 Å². The third kappa shape index (κ3) is 4.73. The summed E-state index contributed by atoms with van der Waals surface area (Å²) in [4.78, 5) is 40.1. The lowest BCUT2D eigenvalue weighted by molar-refractivity contribution is 0.0931. The molecule has 0 saturated heterocycles. The van der Waals surface area contributed by atoms with Gasteiger partial charge in [0.2, 0.25) is 0 Å². The molecular formula is C28H23N7O2. The highest BCUT2D eigenvalue weighted by molar-refractivity contribution is 5.93. The van der Waals surface area contributed by atoms with Crippen molar-refractivity contribution < 1.29 is 4.79 Å². The van der Waals surface area contributed by atoms with Crippen LogP contribution < -0.4 is 10.9 Å². The lowest BCUT2D eigenvalue weighted by atomic mass is 10.1. The quantitative estimate of drug-likeness (QED) is 0.389. The predicted molar refractivity (Wildman–Crippen MR) is 139 cm³/mol. The van der Waals surface area contributed by atoms with Crippen molar-refractivity contribution in [2.75, 3.05) is 0 Å². The van der Waals surface area contributed by atoms with Gasteiger partial charge in [-0.05, 0) is 38.1 Å². The number of nitrogens with one attached hydrogen (secondary N) is 1. The van der Waals surface area contributed by atoms with Crippen LogP contribution in [0.25, 0.3) is 16.6 Å². The molecular weight excluding hydrogens is 466 g/mol. The highest BCUT2D eigenvalue weighted by atomic mass is 16.2. The smallest absolute Gasteiger partial charge is 0.272 e. The Morgan fingerprint density at radius 2 is 1.81 bits per heavy atom. The number of aryl methyl sites for hydroxylation is 2. The van der Waals surface area contributed by atoms with Gasteiger partial charge in [-0.15, -0.1) is 0 Å². The van der Waals surface area contributed by atoms with E-state index in [0.29, 0.717) is 33.7 Å². The monoisotopic (exact) mass is 489 g/mol. The zero-order chi connectivity index (χ0) is 25.9. The summed E-state index contributed by atoms with van der Waals surface area (Å²) >= 11 is 0. The van der Waals surface area contributed by atoms with Gasteiger partial charge in [-0.3, -0.25) is 23.8 Å². The van der Waals surface area contributed by atoms with Gasteiger partial charge >= 0.3 is 0 Å². The molecule has 0 bridgehead atoms. The second-order valence-corrected chi connectivity index (χ2v) is 8.48. The van der Waals surface area contributed by atoms with Crippen molar-refractivity contribution in [2.45, 2.75) is 19.9 Å². The normalized spacial score (nSPS) is 11.5. The first-order chi connectivity index (χ1) is 17.9. The zero-order valence-corrected chi connectivity index (χ0v) is 20.5. The van der Waals surface area contributed by atoms with E-state index in [1.807, 2.05) is 43.4 Å². The lowest BCUT2D eigenvalue weighted by Crippen LogP contribution is -2.34. The van der Waals surface area contributed by atoms with Gasteiger partial charge in [0.1, 0.15) is 11.5 Å². The van der Waals surface area contributed by atoms with Crippen molar-refractivity contribution in [3.05, 3.63) is 112 Å². The molecule has 1 atom stereocenters. The number of para-hydroxylation sites is 1. The number of benzene rings is 2. The Morgan fingerprint density at radius 3 is 2.54 bits per heavy atom. The minimum absolute atomic E-state index is 0.219. The molecule has 5 rings (SSSR count). The molecule has 0 spiro atoms. The molecule has 2 aromatic carbocycles. The SMILES string of the molecule is Cc1nccnc1C(=O)NC(C)c1nc2cccc(C#Cc3cnn(C)c3)c2c(=O)n1-c1ccccc1. The summed E-state index contributed by atoms with van der Waals surface area (Å²) in [5, 5.41) is 7.45. The first-order valence-corrected chi connectivity index (χ1v) is 11.6. The minimum atomic E-state index is -0.614. The number of carbonyl (C=O) groups is 1. The topological polar surface area (TPSA) is 108 Å². The van der Waals surface area contributed by atoms with Gasteiger partial charge in [0.05, 0.1) is 40.1 Å². The molecule has 0 radical (unpaired) electrons. The van der Waals surface area contributed by atoms with Gasteiger partial charge < -0.3 is 5.32 Å². The van der Waals surface area contributed by atoms with Crippen LogP contribution in [0.1, 0.15) is 46.1 Å². The molecule has 0 aliphatic rings. The molecule has 0 saturated carbocycles. The van der Waals surface area contributed by atoms with Gasteiger partial charge in [-0.1, -0.05) is 36.1 Å². The highest BCUT2D eigenvalue weighted by Crippen LogP contribution is 2.20. The van der Waals surface area contributed by atoms with Crippen molar-refractivity contribution in [2.24, 2.45) is 7.05 Å². The number of nitrogens with zero attached hydrogens (tertiary/aromatic N) is 6. The van der Waals surface area contributed by atoms with Crippen LogP contribution in [-0.2, 0) is 7.05 Å². The predicted octanol–water partition coefficient (Wildman–Crippen LogP) is 3.11. The van der Waals surface area contributed by atoms with Crippen LogP contribution in [0.3, 0.4) is 0 Å². The van der Waals surface area contributed by atoms with E-state index < -0.39 is 11.9 Å². The van der Waals surface area contributed by atoms with Crippen molar-refractivity contribution in [1.82, 2.24) is 34.6 Å². The average Bonchev–Trinajstić information content (AvgIpc) is 3.32. The van der Waals surface area contributed by atoms with Gasteiger partial charge in [-0.25, -0.2) is 9.97 Å². The number of hydrogen-bond donors (Lipinski definition) is 1. The van der Waals surface area contributed by atoms with E-state index >= 15 is 0 Å². The second kappa shape index (κ2) is 9.87.